The molecule has 140 valence electrons. The van der Waals surface area contributed by atoms with Crippen LogP contribution in [0.5, 0.6) is 0 Å². The largest absolute Gasteiger partial charge is 0.388 e. The minimum absolute atomic E-state index is 0.105. The number of aryl methyl sites for hydroxylation is 1. The van der Waals surface area contributed by atoms with Crippen LogP contribution >= 0.6 is 0 Å². The van der Waals surface area contributed by atoms with Crippen LogP contribution in [-0.2, 0) is 4.74 Å². The number of amides is 2. The zero-order chi connectivity index (χ0) is 18.7. The smallest absolute Gasteiger partial charge is 0.317 e. The van der Waals surface area contributed by atoms with Gasteiger partial charge < -0.3 is 20.1 Å². The molecule has 2 N–H and O–H groups in total. The molecule has 1 aliphatic rings. The van der Waals surface area contributed by atoms with Gasteiger partial charge in [0, 0.05) is 33.1 Å². The maximum Gasteiger partial charge on any atom is 0.317 e. The number of carbonyl (C=O) groups excluding carboxylic acids is 1. The summed E-state index contributed by atoms with van der Waals surface area (Å²) in [6.07, 6.45) is 1.12. The van der Waals surface area contributed by atoms with Gasteiger partial charge in [-0.15, -0.1) is 0 Å². The van der Waals surface area contributed by atoms with Crippen molar-refractivity contribution < 1.29 is 14.6 Å². The Kier molecular flexibility index (Phi) is 6.12. The molecule has 0 spiro atoms. The van der Waals surface area contributed by atoms with E-state index in [1.54, 1.807) is 11.9 Å². The summed E-state index contributed by atoms with van der Waals surface area (Å²) in [6.45, 7) is 9.80. The van der Waals surface area contributed by atoms with Crippen molar-refractivity contribution in [1.29, 1.82) is 0 Å². The molecule has 2 rings (SSSR count). The van der Waals surface area contributed by atoms with Crippen molar-refractivity contribution in [3.63, 3.8) is 0 Å². The first-order valence-corrected chi connectivity index (χ1v) is 8.99. The van der Waals surface area contributed by atoms with Crippen molar-refractivity contribution in [2.24, 2.45) is 5.41 Å². The Morgan fingerprint density at radius 1 is 1.36 bits per heavy atom. The van der Waals surface area contributed by atoms with Crippen LogP contribution in [0.4, 0.5) is 4.79 Å². The average molecular weight is 348 g/mol. The number of rotatable bonds is 4. The second-order valence-corrected chi connectivity index (χ2v) is 8.36. The minimum Gasteiger partial charge on any atom is -0.388 e. The van der Waals surface area contributed by atoms with Crippen molar-refractivity contribution in [3.05, 3.63) is 35.4 Å². The van der Waals surface area contributed by atoms with E-state index in [0.29, 0.717) is 32.6 Å². The zero-order valence-electron chi connectivity index (χ0n) is 16.1. The predicted octanol–water partition coefficient (Wildman–Crippen LogP) is 3.27. The quantitative estimate of drug-likeness (QED) is 0.878. The minimum atomic E-state index is -0.856. The highest BCUT2D eigenvalue weighted by molar-refractivity contribution is 5.74. The number of carbonyl (C=O) groups is 1. The summed E-state index contributed by atoms with van der Waals surface area (Å²) in [6, 6.07) is 7.97. The number of benzene rings is 1. The summed E-state index contributed by atoms with van der Waals surface area (Å²) < 4.78 is 5.31. The van der Waals surface area contributed by atoms with E-state index in [1.165, 1.54) is 5.56 Å². The monoisotopic (exact) mass is 348 g/mol. The van der Waals surface area contributed by atoms with Crippen LogP contribution in [-0.4, -0.2) is 48.4 Å². The van der Waals surface area contributed by atoms with Gasteiger partial charge in [-0.25, -0.2) is 4.79 Å². The van der Waals surface area contributed by atoms with Gasteiger partial charge in [-0.05, 0) is 17.9 Å². The third-order valence-electron chi connectivity index (χ3n) is 4.81. The number of nitrogens with zero attached hydrogens (tertiary/aromatic N) is 1. The summed E-state index contributed by atoms with van der Waals surface area (Å²) in [5, 5.41) is 13.8. The molecule has 0 radical (unpaired) electrons. The van der Waals surface area contributed by atoms with Gasteiger partial charge >= 0.3 is 6.03 Å². The topological polar surface area (TPSA) is 61.8 Å². The van der Waals surface area contributed by atoms with Gasteiger partial charge in [0.15, 0.2) is 0 Å². The summed E-state index contributed by atoms with van der Waals surface area (Å²) in [7, 11) is 1.73. The lowest BCUT2D eigenvalue weighted by Crippen LogP contribution is -2.51. The number of ether oxygens (including phenoxy) is 1. The van der Waals surface area contributed by atoms with Crippen molar-refractivity contribution in [1.82, 2.24) is 10.2 Å². The van der Waals surface area contributed by atoms with Crippen LogP contribution in [0.1, 0.15) is 50.8 Å². The SMILES string of the molecule is Cc1cccc([C@@H](NC(=O)N(C)CC2(O)CCOCC2)C(C)(C)C)c1. The van der Waals surface area contributed by atoms with Crippen molar-refractivity contribution in [2.45, 2.75) is 52.2 Å². The van der Waals surface area contributed by atoms with Crippen LogP contribution in [0.3, 0.4) is 0 Å². The molecular formula is C20H32N2O3. The number of urea groups is 1. The molecule has 5 nitrogen and oxygen atoms in total. The van der Waals surface area contributed by atoms with E-state index in [2.05, 4.69) is 51.2 Å². The summed E-state index contributed by atoms with van der Waals surface area (Å²) in [4.78, 5) is 14.3. The van der Waals surface area contributed by atoms with Crippen molar-refractivity contribution >= 4 is 6.03 Å². The standard InChI is InChI=1S/C20H32N2O3/c1-15-7-6-8-16(13-15)17(19(2,3)4)21-18(23)22(5)14-20(24)9-11-25-12-10-20/h6-8,13,17,24H,9-12,14H2,1-5H3,(H,21,23)/t17-/m1/s1. The first-order chi connectivity index (χ1) is 11.6. The van der Waals surface area contributed by atoms with E-state index in [4.69, 9.17) is 4.74 Å². The third kappa shape index (κ3) is 5.44. The van der Waals surface area contributed by atoms with Crippen molar-refractivity contribution in [2.75, 3.05) is 26.8 Å². The zero-order valence-corrected chi connectivity index (χ0v) is 16.1. The lowest BCUT2D eigenvalue weighted by atomic mass is 9.82. The number of likely N-dealkylation sites (N-methyl/N-ethyl adjacent to an activating group) is 1. The van der Waals surface area contributed by atoms with Crippen LogP contribution < -0.4 is 5.32 Å². The van der Waals surface area contributed by atoms with E-state index >= 15 is 0 Å². The molecule has 1 aliphatic heterocycles. The van der Waals surface area contributed by atoms with Gasteiger partial charge in [-0.3, -0.25) is 0 Å². The number of hydrogen-bond acceptors (Lipinski definition) is 3. The van der Waals surface area contributed by atoms with E-state index in [-0.39, 0.29) is 17.5 Å². The summed E-state index contributed by atoms with van der Waals surface area (Å²) >= 11 is 0. The van der Waals surface area contributed by atoms with Crippen molar-refractivity contribution in [3.8, 4) is 0 Å². The molecule has 0 aliphatic carbocycles. The Hall–Kier alpha value is -1.59. The molecule has 5 heteroatoms. The van der Waals surface area contributed by atoms with E-state index < -0.39 is 5.60 Å². The second-order valence-electron chi connectivity index (χ2n) is 8.36. The number of aliphatic hydroxyl groups is 1. The van der Waals surface area contributed by atoms with Crippen LogP contribution in [0, 0.1) is 12.3 Å². The second kappa shape index (κ2) is 7.75. The Morgan fingerprint density at radius 3 is 2.56 bits per heavy atom. The Balaban J connectivity index is 2.08. The molecule has 1 fully saturated rings. The Morgan fingerprint density at radius 2 is 2.00 bits per heavy atom. The normalized spacial score (nSPS) is 18.5. The highest BCUT2D eigenvalue weighted by Gasteiger charge is 2.34. The highest BCUT2D eigenvalue weighted by atomic mass is 16.5. The number of nitrogens with one attached hydrogen (secondary N) is 1. The molecular weight excluding hydrogens is 316 g/mol. The lowest BCUT2D eigenvalue weighted by molar-refractivity contribution is -0.0724. The van der Waals surface area contributed by atoms with E-state index in [0.717, 1.165) is 5.56 Å². The van der Waals surface area contributed by atoms with E-state index in [9.17, 15) is 9.90 Å². The van der Waals surface area contributed by atoms with Crippen LogP contribution in [0.25, 0.3) is 0 Å². The molecule has 1 heterocycles. The molecule has 1 saturated heterocycles. The molecule has 1 aromatic rings. The van der Waals surface area contributed by atoms with Gasteiger partial charge in [0.1, 0.15) is 0 Å². The fraction of sp³-hybridized carbons (Fsp3) is 0.650. The van der Waals surface area contributed by atoms with Gasteiger partial charge in [0.2, 0.25) is 0 Å². The molecule has 2 amide bonds. The summed E-state index contributed by atoms with van der Waals surface area (Å²) in [5.41, 5.74) is 1.29. The highest BCUT2D eigenvalue weighted by Crippen LogP contribution is 2.33. The molecule has 0 aromatic heterocycles. The van der Waals surface area contributed by atoms with Crippen LogP contribution in [0.15, 0.2) is 24.3 Å². The first-order valence-electron chi connectivity index (χ1n) is 8.99. The van der Waals surface area contributed by atoms with E-state index in [1.807, 2.05) is 6.07 Å². The average Bonchev–Trinajstić information content (AvgIpc) is 2.51. The third-order valence-corrected chi connectivity index (χ3v) is 4.81. The Labute approximate surface area is 151 Å². The fourth-order valence-corrected chi connectivity index (χ4v) is 3.31. The Bertz CT molecular complexity index is 589. The van der Waals surface area contributed by atoms with Gasteiger partial charge in [-0.2, -0.15) is 0 Å². The van der Waals surface area contributed by atoms with Crippen LogP contribution in [0.2, 0.25) is 0 Å². The molecule has 1 aromatic carbocycles. The first kappa shape index (κ1) is 19.7. The van der Waals surface area contributed by atoms with Gasteiger partial charge in [0.25, 0.3) is 0 Å². The lowest BCUT2D eigenvalue weighted by Gasteiger charge is -2.37. The molecule has 0 saturated carbocycles. The maximum absolute atomic E-state index is 12.7. The van der Waals surface area contributed by atoms with Gasteiger partial charge in [0.05, 0.1) is 18.2 Å². The molecule has 1 atom stereocenters. The maximum atomic E-state index is 12.7. The predicted molar refractivity (Wildman–Crippen MR) is 99.5 cm³/mol. The fourth-order valence-electron chi connectivity index (χ4n) is 3.31. The molecule has 0 unspecified atom stereocenters. The molecule has 25 heavy (non-hydrogen) atoms. The van der Waals surface area contributed by atoms with Gasteiger partial charge in [-0.1, -0.05) is 50.6 Å². The summed E-state index contributed by atoms with van der Waals surface area (Å²) in [5.74, 6) is 0. The molecule has 0 bridgehead atoms. The number of hydrogen-bond donors (Lipinski definition) is 2.